The molecule has 0 saturated carbocycles. The Kier molecular flexibility index (Phi) is 3.53. The highest BCUT2D eigenvalue weighted by molar-refractivity contribution is 5.56. The summed E-state index contributed by atoms with van der Waals surface area (Å²) in [6, 6.07) is 8.97. The summed E-state index contributed by atoms with van der Waals surface area (Å²) in [5, 5.41) is 3.77. The van der Waals surface area contributed by atoms with Gasteiger partial charge in [0.1, 0.15) is 0 Å². The third kappa shape index (κ3) is 2.51. The second-order valence-electron chi connectivity index (χ2n) is 6.48. The first-order chi connectivity index (χ1) is 9.22. The van der Waals surface area contributed by atoms with Gasteiger partial charge in [0.15, 0.2) is 0 Å². The van der Waals surface area contributed by atoms with Crippen LogP contribution < -0.4 is 10.2 Å². The molecule has 1 aromatic carbocycles. The van der Waals surface area contributed by atoms with Crippen molar-refractivity contribution in [3.8, 4) is 0 Å². The van der Waals surface area contributed by atoms with E-state index in [1.807, 2.05) is 0 Å². The van der Waals surface area contributed by atoms with Crippen molar-refractivity contribution in [2.45, 2.75) is 45.1 Å². The largest absolute Gasteiger partial charge is 0.369 e. The fourth-order valence-corrected chi connectivity index (χ4v) is 3.84. The highest BCUT2D eigenvalue weighted by atomic mass is 15.2. The number of para-hydroxylation sites is 1. The Morgan fingerprint density at radius 2 is 2.21 bits per heavy atom. The van der Waals surface area contributed by atoms with Gasteiger partial charge in [0.05, 0.1) is 0 Å². The zero-order valence-corrected chi connectivity index (χ0v) is 12.3. The summed E-state index contributed by atoms with van der Waals surface area (Å²) in [5.74, 6) is 0.769. The van der Waals surface area contributed by atoms with Gasteiger partial charge in [0, 0.05) is 24.3 Å². The Balaban J connectivity index is 1.84. The molecular formula is C17H26N2. The van der Waals surface area contributed by atoms with Crippen molar-refractivity contribution in [3.63, 3.8) is 0 Å². The van der Waals surface area contributed by atoms with E-state index < -0.39 is 0 Å². The van der Waals surface area contributed by atoms with Gasteiger partial charge < -0.3 is 10.2 Å². The van der Waals surface area contributed by atoms with Gasteiger partial charge in [-0.25, -0.2) is 0 Å². The predicted molar refractivity (Wildman–Crippen MR) is 81.8 cm³/mol. The zero-order chi connectivity index (χ0) is 13.3. The van der Waals surface area contributed by atoms with Crippen LogP contribution in [0.4, 0.5) is 5.69 Å². The zero-order valence-electron chi connectivity index (χ0n) is 12.3. The summed E-state index contributed by atoms with van der Waals surface area (Å²) >= 11 is 0. The lowest BCUT2D eigenvalue weighted by Crippen LogP contribution is -2.51. The lowest BCUT2D eigenvalue weighted by Gasteiger charge is -2.41. The third-order valence-electron chi connectivity index (χ3n) is 4.94. The number of nitrogens with zero attached hydrogens (tertiary/aromatic N) is 1. The van der Waals surface area contributed by atoms with Gasteiger partial charge in [-0.05, 0) is 49.8 Å². The molecule has 0 amide bonds. The summed E-state index contributed by atoms with van der Waals surface area (Å²) in [5.41, 5.74) is 3.36. The Morgan fingerprint density at radius 1 is 1.37 bits per heavy atom. The summed E-state index contributed by atoms with van der Waals surface area (Å²) in [4.78, 5) is 2.63. The van der Waals surface area contributed by atoms with Crippen LogP contribution in [0.3, 0.4) is 0 Å². The number of rotatable bonds is 3. The SMILES string of the molecule is CCC1(CN2CC(C)Cc3ccccc32)CCCN1. The van der Waals surface area contributed by atoms with Gasteiger partial charge in [0.25, 0.3) is 0 Å². The molecule has 19 heavy (non-hydrogen) atoms. The Hall–Kier alpha value is -1.02. The van der Waals surface area contributed by atoms with Gasteiger partial charge in [-0.1, -0.05) is 32.0 Å². The number of anilines is 1. The fraction of sp³-hybridized carbons (Fsp3) is 0.647. The van der Waals surface area contributed by atoms with E-state index in [0.717, 1.165) is 5.92 Å². The highest BCUT2D eigenvalue weighted by Crippen LogP contribution is 2.33. The molecule has 2 aliphatic rings. The predicted octanol–water partition coefficient (Wildman–Crippen LogP) is 3.22. The van der Waals surface area contributed by atoms with Crippen molar-refractivity contribution in [2.24, 2.45) is 5.92 Å². The van der Waals surface area contributed by atoms with E-state index in [0.29, 0.717) is 5.54 Å². The summed E-state index contributed by atoms with van der Waals surface area (Å²) in [6.07, 6.45) is 5.13. The lowest BCUT2D eigenvalue weighted by molar-refractivity contribution is 0.350. The molecule has 1 saturated heterocycles. The van der Waals surface area contributed by atoms with Crippen LogP contribution in [0.25, 0.3) is 0 Å². The maximum atomic E-state index is 3.77. The molecule has 2 nitrogen and oxygen atoms in total. The van der Waals surface area contributed by atoms with Crippen LogP contribution in [0.1, 0.15) is 38.7 Å². The quantitative estimate of drug-likeness (QED) is 0.895. The van der Waals surface area contributed by atoms with E-state index in [-0.39, 0.29) is 0 Å². The second kappa shape index (κ2) is 5.16. The Labute approximate surface area is 117 Å². The molecule has 1 aromatic rings. The number of nitrogens with one attached hydrogen (secondary N) is 1. The van der Waals surface area contributed by atoms with Crippen molar-refractivity contribution in [1.29, 1.82) is 0 Å². The molecular weight excluding hydrogens is 232 g/mol. The van der Waals surface area contributed by atoms with Gasteiger partial charge in [-0.2, -0.15) is 0 Å². The molecule has 2 heterocycles. The molecule has 2 unspecified atom stereocenters. The highest BCUT2D eigenvalue weighted by Gasteiger charge is 2.35. The van der Waals surface area contributed by atoms with Gasteiger partial charge in [-0.3, -0.25) is 0 Å². The van der Waals surface area contributed by atoms with Crippen LogP contribution >= 0.6 is 0 Å². The van der Waals surface area contributed by atoms with E-state index >= 15 is 0 Å². The monoisotopic (exact) mass is 258 g/mol. The average Bonchev–Trinajstić information content (AvgIpc) is 2.88. The maximum Gasteiger partial charge on any atom is 0.0399 e. The average molecular weight is 258 g/mol. The first kappa shape index (κ1) is 13.0. The minimum absolute atomic E-state index is 0.351. The minimum atomic E-state index is 0.351. The van der Waals surface area contributed by atoms with Crippen LogP contribution in [0, 0.1) is 5.92 Å². The normalized spacial score (nSPS) is 30.4. The molecule has 0 bridgehead atoms. The van der Waals surface area contributed by atoms with Crippen molar-refractivity contribution < 1.29 is 0 Å². The van der Waals surface area contributed by atoms with E-state index in [4.69, 9.17) is 0 Å². The van der Waals surface area contributed by atoms with E-state index in [2.05, 4.69) is 48.3 Å². The van der Waals surface area contributed by atoms with Crippen molar-refractivity contribution >= 4 is 5.69 Å². The molecule has 0 aliphatic carbocycles. The number of fused-ring (bicyclic) bond motifs is 1. The first-order valence-electron chi connectivity index (χ1n) is 7.80. The molecule has 2 heteroatoms. The van der Waals surface area contributed by atoms with E-state index in [1.165, 1.54) is 56.6 Å². The summed E-state index contributed by atoms with van der Waals surface area (Å²) < 4.78 is 0. The van der Waals surface area contributed by atoms with Gasteiger partial charge in [0.2, 0.25) is 0 Å². The topological polar surface area (TPSA) is 15.3 Å². The van der Waals surface area contributed by atoms with Crippen LogP contribution in [-0.4, -0.2) is 25.2 Å². The van der Waals surface area contributed by atoms with Crippen LogP contribution in [0.2, 0.25) is 0 Å². The molecule has 0 radical (unpaired) electrons. The Morgan fingerprint density at radius 3 is 2.95 bits per heavy atom. The number of hydrogen-bond acceptors (Lipinski definition) is 2. The Bertz CT molecular complexity index is 435. The van der Waals surface area contributed by atoms with Crippen LogP contribution in [0.5, 0.6) is 0 Å². The first-order valence-corrected chi connectivity index (χ1v) is 7.80. The second-order valence-corrected chi connectivity index (χ2v) is 6.48. The standard InChI is InChI=1S/C17H26N2/c1-3-17(9-6-10-18-17)13-19-12-14(2)11-15-7-4-5-8-16(15)19/h4-5,7-8,14,18H,3,6,9-13H2,1-2H3. The van der Waals surface area contributed by atoms with Crippen molar-refractivity contribution in [3.05, 3.63) is 29.8 Å². The van der Waals surface area contributed by atoms with Gasteiger partial charge in [-0.15, -0.1) is 0 Å². The lowest BCUT2D eigenvalue weighted by atomic mass is 9.89. The number of benzene rings is 1. The summed E-state index contributed by atoms with van der Waals surface area (Å²) in [7, 11) is 0. The van der Waals surface area contributed by atoms with Crippen LogP contribution in [-0.2, 0) is 6.42 Å². The van der Waals surface area contributed by atoms with Crippen molar-refractivity contribution in [2.75, 3.05) is 24.5 Å². The number of hydrogen-bond donors (Lipinski definition) is 1. The molecule has 1 N–H and O–H groups in total. The third-order valence-corrected chi connectivity index (χ3v) is 4.94. The molecule has 3 rings (SSSR count). The smallest absolute Gasteiger partial charge is 0.0399 e. The molecule has 0 spiro atoms. The van der Waals surface area contributed by atoms with E-state index in [1.54, 1.807) is 0 Å². The molecule has 104 valence electrons. The van der Waals surface area contributed by atoms with Crippen molar-refractivity contribution in [1.82, 2.24) is 5.32 Å². The minimum Gasteiger partial charge on any atom is -0.369 e. The van der Waals surface area contributed by atoms with E-state index in [9.17, 15) is 0 Å². The molecule has 2 aliphatic heterocycles. The summed E-state index contributed by atoms with van der Waals surface area (Å²) in [6.45, 7) is 8.28. The molecule has 1 fully saturated rings. The van der Waals surface area contributed by atoms with Gasteiger partial charge >= 0.3 is 0 Å². The maximum absolute atomic E-state index is 3.77. The van der Waals surface area contributed by atoms with Crippen LogP contribution in [0.15, 0.2) is 24.3 Å². The molecule has 2 atom stereocenters. The fourth-order valence-electron chi connectivity index (χ4n) is 3.84. The molecule has 0 aromatic heterocycles.